The van der Waals surface area contributed by atoms with Gasteiger partial charge >= 0.3 is 11.9 Å². The molecule has 2 atom stereocenters. The predicted octanol–water partition coefficient (Wildman–Crippen LogP) is 0.640. The van der Waals surface area contributed by atoms with Crippen molar-refractivity contribution in [3.05, 3.63) is 12.8 Å². The molecule has 0 N–H and O–H groups in total. The van der Waals surface area contributed by atoms with Crippen molar-refractivity contribution in [2.75, 3.05) is 7.11 Å². The Bertz CT molecular complexity index is 294. The summed E-state index contributed by atoms with van der Waals surface area (Å²) in [4.78, 5) is 22.9. The van der Waals surface area contributed by atoms with Crippen molar-refractivity contribution < 1.29 is 23.8 Å². The van der Waals surface area contributed by atoms with Crippen molar-refractivity contribution in [3.8, 4) is 0 Å². The normalized spacial score (nSPS) is 28.1. The van der Waals surface area contributed by atoms with E-state index in [1.165, 1.54) is 7.11 Å². The molecule has 1 heterocycles. The van der Waals surface area contributed by atoms with Crippen LogP contribution < -0.4 is 0 Å². The topological polar surface area (TPSA) is 61.8 Å². The van der Waals surface area contributed by atoms with Crippen molar-refractivity contribution in [3.63, 3.8) is 0 Å². The minimum atomic E-state index is -0.968. The third-order valence-electron chi connectivity index (χ3n) is 2.35. The molecule has 1 fully saturated rings. The van der Waals surface area contributed by atoms with Gasteiger partial charge in [0.1, 0.15) is 11.5 Å². The zero-order valence-corrected chi connectivity index (χ0v) is 8.98. The van der Waals surface area contributed by atoms with E-state index in [0.29, 0.717) is 0 Å². The lowest BCUT2D eigenvalue weighted by Gasteiger charge is -2.23. The third kappa shape index (κ3) is 1.95. The number of cyclic esters (lactones) is 1. The number of methoxy groups -OCH3 is 1. The SMILES string of the molecule is C=COC1C(=O)OC(C)(C)C1C(=O)OC. The summed E-state index contributed by atoms with van der Waals surface area (Å²) in [6, 6.07) is 0. The Morgan fingerprint density at radius 2 is 2.20 bits per heavy atom. The zero-order chi connectivity index (χ0) is 11.6. The summed E-state index contributed by atoms with van der Waals surface area (Å²) in [6.45, 7) is 6.62. The molecule has 0 radical (unpaired) electrons. The quantitative estimate of drug-likeness (QED) is 0.509. The fraction of sp³-hybridized carbons (Fsp3) is 0.600. The largest absolute Gasteiger partial charge is 0.486 e. The number of hydrogen-bond acceptors (Lipinski definition) is 5. The molecular formula is C10H14O5. The maximum atomic E-state index is 11.5. The van der Waals surface area contributed by atoms with Crippen LogP contribution in [0.3, 0.4) is 0 Å². The summed E-state index contributed by atoms with van der Waals surface area (Å²) in [7, 11) is 1.26. The molecule has 1 aliphatic rings. The van der Waals surface area contributed by atoms with Gasteiger partial charge in [-0.25, -0.2) is 4.79 Å². The molecule has 0 aromatic carbocycles. The smallest absolute Gasteiger partial charge is 0.348 e. The summed E-state index contributed by atoms with van der Waals surface area (Å²) in [6.07, 6.45) is 0.147. The second-order valence-corrected chi connectivity index (χ2v) is 3.75. The van der Waals surface area contributed by atoms with Gasteiger partial charge in [-0.2, -0.15) is 0 Å². The van der Waals surface area contributed by atoms with E-state index in [9.17, 15) is 9.59 Å². The molecule has 1 saturated heterocycles. The summed E-state index contributed by atoms with van der Waals surface area (Å²) in [5.41, 5.74) is -0.919. The van der Waals surface area contributed by atoms with Crippen LogP contribution in [0.5, 0.6) is 0 Å². The molecule has 0 aromatic heterocycles. The fourth-order valence-electron chi connectivity index (χ4n) is 1.65. The Labute approximate surface area is 88.0 Å². The summed E-state index contributed by atoms with van der Waals surface area (Å²) in [5.74, 6) is -1.87. The first-order chi connectivity index (χ1) is 6.94. The minimum absolute atomic E-state index is 0.530. The molecule has 1 rings (SSSR count). The zero-order valence-electron chi connectivity index (χ0n) is 8.98. The van der Waals surface area contributed by atoms with E-state index in [0.717, 1.165) is 6.26 Å². The van der Waals surface area contributed by atoms with Gasteiger partial charge in [-0.1, -0.05) is 6.58 Å². The van der Waals surface area contributed by atoms with Gasteiger partial charge in [0, 0.05) is 0 Å². The van der Waals surface area contributed by atoms with Gasteiger partial charge in [0.15, 0.2) is 0 Å². The van der Waals surface area contributed by atoms with Crippen molar-refractivity contribution in [1.29, 1.82) is 0 Å². The van der Waals surface area contributed by atoms with Crippen LogP contribution in [0.1, 0.15) is 13.8 Å². The molecule has 0 aliphatic carbocycles. The maximum absolute atomic E-state index is 11.5. The van der Waals surface area contributed by atoms with Crippen LogP contribution >= 0.6 is 0 Å². The Hall–Kier alpha value is -1.52. The lowest BCUT2D eigenvalue weighted by atomic mass is 9.89. The highest BCUT2D eigenvalue weighted by molar-refractivity contribution is 5.88. The van der Waals surface area contributed by atoms with E-state index < -0.39 is 29.6 Å². The van der Waals surface area contributed by atoms with Gasteiger partial charge in [0.05, 0.1) is 13.4 Å². The monoisotopic (exact) mass is 214 g/mol. The second-order valence-electron chi connectivity index (χ2n) is 3.75. The average Bonchev–Trinajstić information content (AvgIpc) is 2.36. The number of esters is 2. The molecule has 5 heteroatoms. The average molecular weight is 214 g/mol. The van der Waals surface area contributed by atoms with Gasteiger partial charge in [-0.15, -0.1) is 0 Å². The Kier molecular flexibility index (Phi) is 3.02. The first kappa shape index (κ1) is 11.6. The second kappa shape index (κ2) is 3.92. The molecule has 0 aromatic rings. The van der Waals surface area contributed by atoms with Crippen LogP contribution in [-0.4, -0.2) is 30.8 Å². The van der Waals surface area contributed by atoms with Gasteiger partial charge in [-0.05, 0) is 13.8 Å². The number of carbonyl (C=O) groups is 2. The lowest BCUT2D eigenvalue weighted by Crippen LogP contribution is -2.40. The predicted molar refractivity (Wildman–Crippen MR) is 50.7 cm³/mol. The molecule has 15 heavy (non-hydrogen) atoms. The van der Waals surface area contributed by atoms with E-state index in [1.807, 2.05) is 0 Å². The van der Waals surface area contributed by atoms with Crippen molar-refractivity contribution >= 4 is 11.9 Å². The molecule has 2 unspecified atom stereocenters. The van der Waals surface area contributed by atoms with Crippen LogP contribution in [0.4, 0.5) is 0 Å². The lowest BCUT2D eigenvalue weighted by molar-refractivity contribution is -0.153. The molecule has 1 aliphatic heterocycles. The summed E-state index contributed by atoms with van der Waals surface area (Å²) < 4.78 is 14.6. The van der Waals surface area contributed by atoms with E-state index >= 15 is 0 Å². The minimum Gasteiger partial charge on any atom is -0.486 e. The van der Waals surface area contributed by atoms with Gasteiger partial charge in [0.2, 0.25) is 6.10 Å². The Balaban J connectivity index is 2.98. The van der Waals surface area contributed by atoms with Crippen LogP contribution in [0, 0.1) is 5.92 Å². The number of ether oxygens (including phenoxy) is 3. The van der Waals surface area contributed by atoms with E-state index in [2.05, 4.69) is 11.3 Å². The first-order valence-electron chi connectivity index (χ1n) is 4.51. The molecule has 0 saturated carbocycles. The number of hydrogen-bond donors (Lipinski definition) is 0. The molecular weight excluding hydrogens is 200 g/mol. The fourth-order valence-corrected chi connectivity index (χ4v) is 1.65. The summed E-state index contributed by atoms with van der Waals surface area (Å²) in [5, 5.41) is 0. The van der Waals surface area contributed by atoms with Gasteiger partial charge in [-0.3, -0.25) is 4.79 Å². The first-order valence-corrected chi connectivity index (χ1v) is 4.51. The maximum Gasteiger partial charge on any atom is 0.348 e. The van der Waals surface area contributed by atoms with Crippen molar-refractivity contribution in [1.82, 2.24) is 0 Å². The standard InChI is InChI=1S/C10H14O5/c1-5-14-7-6(8(11)13-4)10(2,3)15-9(7)12/h5-7H,1H2,2-4H3. The molecule has 0 bridgehead atoms. The Morgan fingerprint density at radius 1 is 1.60 bits per heavy atom. The highest BCUT2D eigenvalue weighted by Gasteiger charge is 2.56. The highest BCUT2D eigenvalue weighted by Crippen LogP contribution is 2.35. The highest BCUT2D eigenvalue weighted by atomic mass is 16.6. The van der Waals surface area contributed by atoms with Crippen molar-refractivity contribution in [2.45, 2.75) is 25.6 Å². The van der Waals surface area contributed by atoms with E-state index in [1.54, 1.807) is 13.8 Å². The molecule has 0 spiro atoms. The summed E-state index contributed by atoms with van der Waals surface area (Å²) >= 11 is 0. The van der Waals surface area contributed by atoms with Crippen LogP contribution in [0.25, 0.3) is 0 Å². The van der Waals surface area contributed by atoms with Crippen molar-refractivity contribution in [2.24, 2.45) is 5.92 Å². The Morgan fingerprint density at radius 3 is 2.67 bits per heavy atom. The van der Waals surface area contributed by atoms with Crippen LogP contribution in [0.15, 0.2) is 12.8 Å². The number of carbonyl (C=O) groups excluding carboxylic acids is 2. The van der Waals surface area contributed by atoms with Crippen LogP contribution in [0.2, 0.25) is 0 Å². The third-order valence-corrected chi connectivity index (χ3v) is 2.35. The van der Waals surface area contributed by atoms with E-state index in [-0.39, 0.29) is 0 Å². The van der Waals surface area contributed by atoms with Crippen LogP contribution in [-0.2, 0) is 23.8 Å². The van der Waals surface area contributed by atoms with E-state index in [4.69, 9.17) is 9.47 Å². The van der Waals surface area contributed by atoms with Gasteiger partial charge < -0.3 is 14.2 Å². The molecule has 84 valence electrons. The molecule has 5 nitrogen and oxygen atoms in total. The molecule has 0 amide bonds. The number of rotatable bonds is 3. The van der Waals surface area contributed by atoms with Gasteiger partial charge in [0.25, 0.3) is 0 Å².